The van der Waals surface area contributed by atoms with E-state index in [4.69, 9.17) is 22.9 Å². The summed E-state index contributed by atoms with van der Waals surface area (Å²) in [6, 6.07) is 17.1. The Labute approximate surface area is 182 Å². The van der Waals surface area contributed by atoms with E-state index in [0.717, 1.165) is 0 Å². The zero-order valence-corrected chi connectivity index (χ0v) is 16.7. The number of nitrogens with two attached hydrogens (primary N) is 4. The number of anilines is 4. The van der Waals surface area contributed by atoms with Crippen LogP contribution in [0.1, 0.15) is 0 Å². The van der Waals surface area contributed by atoms with Crippen LogP contribution in [0, 0.1) is 23.3 Å². The molecule has 0 aliphatic carbocycles. The second-order valence-corrected chi connectivity index (χ2v) is 6.95. The zero-order chi connectivity index (χ0) is 23.4. The SMILES string of the molecule is Nc1ccc(-c2ccc(N)c(F)c2)c(F)c1.Nc1ccc(-c2ccc(N)c(F)c2)cc1F. The van der Waals surface area contributed by atoms with E-state index in [0.29, 0.717) is 27.9 Å². The molecule has 0 saturated carbocycles. The normalized spacial score (nSPS) is 10.4. The summed E-state index contributed by atoms with van der Waals surface area (Å²) in [6.07, 6.45) is 0. The molecule has 0 amide bonds. The third-order valence-corrected chi connectivity index (χ3v) is 4.64. The lowest BCUT2D eigenvalue weighted by molar-refractivity contribution is 0.627. The minimum absolute atomic E-state index is 0.0413. The summed E-state index contributed by atoms with van der Waals surface area (Å²) in [4.78, 5) is 0. The van der Waals surface area contributed by atoms with Gasteiger partial charge in [-0.1, -0.05) is 18.2 Å². The molecule has 0 aliphatic heterocycles. The van der Waals surface area contributed by atoms with Gasteiger partial charge in [0.15, 0.2) is 0 Å². The van der Waals surface area contributed by atoms with E-state index < -0.39 is 23.3 Å². The molecule has 0 spiro atoms. The fourth-order valence-electron chi connectivity index (χ4n) is 2.87. The van der Waals surface area contributed by atoms with Crippen molar-refractivity contribution in [3.63, 3.8) is 0 Å². The Morgan fingerprint density at radius 1 is 0.406 bits per heavy atom. The number of benzene rings is 4. The summed E-state index contributed by atoms with van der Waals surface area (Å²) in [6.45, 7) is 0. The molecule has 0 radical (unpaired) electrons. The predicted octanol–water partition coefficient (Wildman–Crippen LogP) is 5.59. The highest BCUT2D eigenvalue weighted by Crippen LogP contribution is 2.27. The van der Waals surface area contributed by atoms with Crippen molar-refractivity contribution in [2.75, 3.05) is 22.9 Å². The first kappa shape index (κ1) is 22.5. The fourth-order valence-corrected chi connectivity index (χ4v) is 2.87. The van der Waals surface area contributed by atoms with Crippen molar-refractivity contribution in [1.82, 2.24) is 0 Å². The molecule has 4 rings (SSSR count). The first-order valence-electron chi connectivity index (χ1n) is 9.36. The van der Waals surface area contributed by atoms with Gasteiger partial charge in [-0.05, 0) is 71.3 Å². The molecule has 32 heavy (non-hydrogen) atoms. The lowest BCUT2D eigenvalue weighted by atomic mass is 10.0. The molecule has 0 atom stereocenters. The molecule has 4 aromatic carbocycles. The largest absolute Gasteiger partial charge is 0.399 e. The van der Waals surface area contributed by atoms with Gasteiger partial charge in [0.25, 0.3) is 0 Å². The van der Waals surface area contributed by atoms with Gasteiger partial charge in [0.2, 0.25) is 0 Å². The van der Waals surface area contributed by atoms with Crippen molar-refractivity contribution in [3.05, 3.63) is 96.1 Å². The van der Waals surface area contributed by atoms with Crippen molar-refractivity contribution in [2.24, 2.45) is 0 Å². The van der Waals surface area contributed by atoms with Crippen LogP contribution in [0.2, 0.25) is 0 Å². The van der Waals surface area contributed by atoms with Crippen molar-refractivity contribution >= 4 is 22.7 Å². The summed E-state index contributed by atoms with van der Waals surface area (Å²) < 4.78 is 53.1. The summed E-state index contributed by atoms with van der Waals surface area (Å²) in [5.74, 6) is -2.08. The van der Waals surface area contributed by atoms with Crippen molar-refractivity contribution in [1.29, 1.82) is 0 Å². The Bertz CT molecular complexity index is 1230. The van der Waals surface area contributed by atoms with E-state index in [2.05, 4.69) is 0 Å². The number of hydrogen-bond acceptors (Lipinski definition) is 4. The van der Waals surface area contributed by atoms with Gasteiger partial charge in [0, 0.05) is 11.3 Å². The first-order chi connectivity index (χ1) is 15.2. The number of hydrogen-bond donors (Lipinski definition) is 4. The molecule has 0 fully saturated rings. The predicted molar refractivity (Wildman–Crippen MR) is 121 cm³/mol. The molecule has 8 N–H and O–H groups in total. The molecule has 0 heterocycles. The van der Waals surface area contributed by atoms with Crippen molar-refractivity contribution < 1.29 is 17.6 Å². The third-order valence-electron chi connectivity index (χ3n) is 4.64. The summed E-state index contributed by atoms with van der Waals surface area (Å²) in [5.41, 5.74) is 23.8. The van der Waals surface area contributed by atoms with Crippen molar-refractivity contribution in [3.8, 4) is 22.3 Å². The van der Waals surface area contributed by atoms with E-state index in [1.165, 1.54) is 48.5 Å². The Morgan fingerprint density at radius 2 is 0.812 bits per heavy atom. The van der Waals surface area contributed by atoms with Gasteiger partial charge in [0.1, 0.15) is 23.3 Å². The van der Waals surface area contributed by atoms with E-state index in [9.17, 15) is 17.6 Å². The molecule has 164 valence electrons. The van der Waals surface area contributed by atoms with Gasteiger partial charge in [-0.25, -0.2) is 17.6 Å². The Balaban J connectivity index is 0.000000181. The molecule has 4 aromatic rings. The molecule has 0 aliphatic rings. The average Bonchev–Trinajstić information content (AvgIpc) is 2.75. The number of halogens is 4. The second kappa shape index (κ2) is 9.30. The van der Waals surface area contributed by atoms with Gasteiger partial charge < -0.3 is 22.9 Å². The summed E-state index contributed by atoms with van der Waals surface area (Å²) >= 11 is 0. The minimum atomic E-state index is -0.561. The molecular formula is C24H20F4N4. The smallest absolute Gasteiger partial charge is 0.146 e. The number of nitrogen functional groups attached to an aromatic ring is 4. The van der Waals surface area contributed by atoms with Gasteiger partial charge in [-0.3, -0.25) is 0 Å². The Hall–Kier alpha value is -4.20. The molecular weight excluding hydrogens is 420 g/mol. The van der Waals surface area contributed by atoms with Gasteiger partial charge in [0.05, 0.1) is 17.1 Å². The van der Waals surface area contributed by atoms with Crippen LogP contribution < -0.4 is 22.9 Å². The Morgan fingerprint density at radius 3 is 1.22 bits per heavy atom. The van der Waals surface area contributed by atoms with Crippen LogP contribution in [-0.2, 0) is 0 Å². The van der Waals surface area contributed by atoms with Crippen molar-refractivity contribution in [2.45, 2.75) is 0 Å². The highest BCUT2D eigenvalue weighted by molar-refractivity contribution is 5.69. The molecule has 0 bridgehead atoms. The summed E-state index contributed by atoms with van der Waals surface area (Å²) in [7, 11) is 0. The highest BCUT2D eigenvalue weighted by atomic mass is 19.1. The number of rotatable bonds is 2. The van der Waals surface area contributed by atoms with E-state index in [1.54, 1.807) is 24.3 Å². The fraction of sp³-hybridized carbons (Fsp3) is 0. The van der Waals surface area contributed by atoms with Crippen LogP contribution in [0.3, 0.4) is 0 Å². The summed E-state index contributed by atoms with van der Waals surface area (Å²) in [5, 5.41) is 0. The molecule has 0 saturated heterocycles. The van der Waals surface area contributed by atoms with Crippen LogP contribution in [-0.4, -0.2) is 0 Å². The molecule has 4 nitrogen and oxygen atoms in total. The maximum atomic E-state index is 13.5. The third kappa shape index (κ3) is 5.10. The first-order valence-corrected chi connectivity index (χ1v) is 9.36. The molecule has 0 unspecified atom stereocenters. The van der Waals surface area contributed by atoms with Crippen LogP contribution in [0.5, 0.6) is 0 Å². The van der Waals surface area contributed by atoms with Crippen LogP contribution in [0.25, 0.3) is 22.3 Å². The molecule has 8 heteroatoms. The van der Waals surface area contributed by atoms with E-state index in [1.807, 2.05) is 0 Å². The van der Waals surface area contributed by atoms with Gasteiger partial charge in [-0.15, -0.1) is 0 Å². The van der Waals surface area contributed by atoms with Crippen LogP contribution in [0.4, 0.5) is 40.3 Å². The van der Waals surface area contributed by atoms with Crippen LogP contribution in [0.15, 0.2) is 72.8 Å². The lowest BCUT2D eigenvalue weighted by Crippen LogP contribution is -1.93. The Kier molecular flexibility index (Phi) is 6.53. The quantitative estimate of drug-likeness (QED) is 0.241. The van der Waals surface area contributed by atoms with Gasteiger partial charge >= 0.3 is 0 Å². The molecule has 0 aromatic heterocycles. The zero-order valence-electron chi connectivity index (χ0n) is 16.7. The average molecular weight is 440 g/mol. The standard InChI is InChI=1S/2C12H10F2N2/c13-10-6-8(15)2-3-9(10)7-1-4-12(16)11(14)5-7;13-9-5-7(1-3-11(9)15)8-2-4-12(16)10(14)6-8/h2*1-6H,15-16H2. The van der Waals surface area contributed by atoms with Crippen LogP contribution >= 0.6 is 0 Å². The van der Waals surface area contributed by atoms with E-state index >= 15 is 0 Å². The van der Waals surface area contributed by atoms with E-state index in [-0.39, 0.29) is 17.1 Å². The monoisotopic (exact) mass is 440 g/mol. The lowest BCUT2D eigenvalue weighted by Gasteiger charge is -2.05. The topological polar surface area (TPSA) is 104 Å². The van der Waals surface area contributed by atoms with Gasteiger partial charge in [-0.2, -0.15) is 0 Å². The highest BCUT2D eigenvalue weighted by Gasteiger charge is 2.08. The maximum Gasteiger partial charge on any atom is 0.146 e. The maximum absolute atomic E-state index is 13.5. The minimum Gasteiger partial charge on any atom is -0.399 e. The second-order valence-electron chi connectivity index (χ2n) is 6.95.